The van der Waals surface area contributed by atoms with Gasteiger partial charge >= 0.3 is 6.18 Å². The first kappa shape index (κ1) is 30.0. The molecule has 0 radical (unpaired) electrons. The highest BCUT2D eigenvalue weighted by atomic mass is 35.5. The van der Waals surface area contributed by atoms with Crippen molar-refractivity contribution in [3.63, 3.8) is 0 Å². The Bertz CT molecular complexity index is 1240. The second kappa shape index (κ2) is 11.9. The molecule has 7 nitrogen and oxygen atoms in total. The van der Waals surface area contributed by atoms with E-state index in [1.54, 1.807) is 13.0 Å². The lowest BCUT2D eigenvalue weighted by atomic mass is 10.1. The number of hydrogen-bond acceptors (Lipinski definition) is 4. The highest BCUT2D eigenvalue weighted by molar-refractivity contribution is 7.92. The molecule has 2 rings (SSSR count). The van der Waals surface area contributed by atoms with Gasteiger partial charge in [-0.25, -0.2) is 8.42 Å². The van der Waals surface area contributed by atoms with Crippen LogP contribution in [0.2, 0.25) is 15.1 Å². The molecule has 2 aromatic carbocycles. The Hall–Kier alpha value is -2.21. The van der Waals surface area contributed by atoms with E-state index in [4.69, 9.17) is 34.8 Å². The number of hydrogen-bond donors (Lipinski definition) is 1. The molecular formula is C22H23Cl3F3N3O4S. The number of nitrogens with zero attached hydrogens (tertiary/aromatic N) is 2. The molecule has 2 amide bonds. The van der Waals surface area contributed by atoms with Crippen molar-refractivity contribution in [3.8, 4) is 0 Å². The molecule has 14 heteroatoms. The first-order chi connectivity index (χ1) is 16.6. The van der Waals surface area contributed by atoms with Crippen LogP contribution in [0.3, 0.4) is 0 Å². The predicted octanol–water partition coefficient (Wildman–Crippen LogP) is 4.99. The lowest BCUT2D eigenvalue weighted by Crippen LogP contribution is -2.51. The van der Waals surface area contributed by atoms with Crippen LogP contribution in [0.1, 0.15) is 24.5 Å². The highest BCUT2D eigenvalue weighted by Gasteiger charge is 2.36. The van der Waals surface area contributed by atoms with E-state index in [1.165, 1.54) is 19.2 Å². The van der Waals surface area contributed by atoms with E-state index in [0.717, 1.165) is 23.3 Å². The van der Waals surface area contributed by atoms with Crippen LogP contribution in [-0.2, 0) is 32.3 Å². The lowest BCUT2D eigenvalue weighted by molar-refractivity contribution is -0.140. The van der Waals surface area contributed by atoms with Crippen molar-refractivity contribution < 1.29 is 31.2 Å². The number of carbonyl (C=O) groups is 2. The van der Waals surface area contributed by atoms with Crippen LogP contribution in [0.4, 0.5) is 18.9 Å². The summed E-state index contributed by atoms with van der Waals surface area (Å²) in [6.07, 6.45) is -3.95. The van der Waals surface area contributed by atoms with E-state index < -0.39 is 56.9 Å². The second-order valence-electron chi connectivity index (χ2n) is 7.73. The van der Waals surface area contributed by atoms with Crippen LogP contribution in [0.5, 0.6) is 0 Å². The number of anilines is 1. The average Bonchev–Trinajstić information content (AvgIpc) is 2.77. The minimum absolute atomic E-state index is 0.161. The third kappa shape index (κ3) is 7.41. The van der Waals surface area contributed by atoms with Gasteiger partial charge in [0.2, 0.25) is 21.8 Å². The summed E-state index contributed by atoms with van der Waals surface area (Å²) in [5, 5.41) is 2.37. The fourth-order valence-corrected chi connectivity index (χ4v) is 4.95. The largest absolute Gasteiger partial charge is 0.417 e. The number of likely N-dealkylation sites (N-methyl/N-ethyl adjacent to an activating group) is 1. The molecule has 0 saturated carbocycles. The molecule has 0 spiro atoms. The van der Waals surface area contributed by atoms with Gasteiger partial charge in [-0.1, -0.05) is 47.8 Å². The molecule has 0 aromatic heterocycles. The number of amides is 2. The summed E-state index contributed by atoms with van der Waals surface area (Å²) in [5.74, 6) is -1.36. The number of rotatable bonds is 9. The fraction of sp³-hybridized carbons (Fsp3) is 0.364. The molecule has 0 aliphatic rings. The van der Waals surface area contributed by atoms with Crippen molar-refractivity contribution in [3.05, 3.63) is 62.6 Å². The Balaban J connectivity index is 2.54. The maximum atomic E-state index is 13.4. The number of nitrogens with one attached hydrogen (secondary N) is 1. The molecule has 0 fully saturated rings. The molecule has 1 atom stereocenters. The van der Waals surface area contributed by atoms with E-state index >= 15 is 0 Å². The molecule has 1 N–H and O–H groups in total. The first-order valence-corrected chi connectivity index (χ1v) is 13.4. The number of alkyl halides is 3. The second-order valence-corrected chi connectivity index (χ2v) is 10.9. The van der Waals surface area contributed by atoms with Crippen LogP contribution in [-0.4, -0.2) is 51.0 Å². The van der Waals surface area contributed by atoms with Crippen molar-refractivity contribution in [1.29, 1.82) is 0 Å². The Kier molecular flexibility index (Phi) is 9.91. The predicted molar refractivity (Wildman–Crippen MR) is 134 cm³/mol. The van der Waals surface area contributed by atoms with Crippen LogP contribution in [0, 0.1) is 0 Å². The molecule has 198 valence electrons. The summed E-state index contributed by atoms with van der Waals surface area (Å²) in [7, 11) is -2.86. The van der Waals surface area contributed by atoms with Crippen LogP contribution in [0.15, 0.2) is 36.4 Å². The normalized spacial score (nSPS) is 12.7. The SMILES string of the molecule is CCC(C(=O)NC)N(Cc1ccc(Cl)cc1Cl)C(=O)CN(c1ccc(Cl)c(C(F)(F)F)c1)S(C)(=O)=O. The van der Waals surface area contributed by atoms with Gasteiger partial charge in [0.25, 0.3) is 0 Å². The molecule has 2 aromatic rings. The molecule has 36 heavy (non-hydrogen) atoms. The molecule has 0 aliphatic carbocycles. The smallest absolute Gasteiger partial charge is 0.357 e. The summed E-state index contributed by atoms with van der Waals surface area (Å²) in [6, 6.07) is 6.00. The minimum atomic E-state index is -4.86. The Morgan fingerprint density at radius 2 is 1.69 bits per heavy atom. The molecule has 1 unspecified atom stereocenters. The number of sulfonamides is 1. The summed E-state index contributed by atoms with van der Waals surface area (Å²) < 4.78 is 65.7. The van der Waals surface area contributed by atoms with Crippen molar-refractivity contribution >= 4 is 62.3 Å². The van der Waals surface area contributed by atoms with Crippen molar-refractivity contribution in [2.24, 2.45) is 0 Å². The van der Waals surface area contributed by atoms with E-state index in [0.29, 0.717) is 21.0 Å². The number of carbonyl (C=O) groups excluding carboxylic acids is 2. The Morgan fingerprint density at radius 1 is 1.06 bits per heavy atom. The maximum Gasteiger partial charge on any atom is 0.417 e. The zero-order valence-corrected chi connectivity index (χ0v) is 22.5. The Labute approximate surface area is 222 Å². The molecule has 0 saturated heterocycles. The van der Waals surface area contributed by atoms with Gasteiger partial charge in [0.1, 0.15) is 12.6 Å². The van der Waals surface area contributed by atoms with E-state index in [2.05, 4.69) is 5.32 Å². The molecule has 0 aliphatic heterocycles. The van der Waals surface area contributed by atoms with Gasteiger partial charge in [-0.3, -0.25) is 13.9 Å². The standard InChI is InChI=1S/C22H23Cl3F3N3O4S/c1-4-19(21(33)29-2)30(11-13-5-6-14(23)9-18(13)25)20(32)12-31(36(3,34)35)15-7-8-17(24)16(10-15)22(26,27)28/h5-10,19H,4,11-12H2,1-3H3,(H,29,33). The Morgan fingerprint density at radius 3 is 2.19 bits per heavy atom. The average molecular weight is 589 g/mol. The van der Waals surface area contributed by atoms with Gasteiger partial charge in [0.15, 0.2) is 0 Å². The van der Waals surface area contributed by atoms with E-state index in [-0.39, 0.29) is 18.0 Å². The zero-order valence-electron chi connectivity index (χ0n) is 19.4. The molecule has 0 heterocycles. The third-order valence-electron chi connectivity index (χ3n) is 5.21. The summed E-state index contributed by atoms with van der Waals surface area (Å²) >= 11 is 17.8. The van der Waals surface area contributed by atoms with Crippen molar-refractivity contribution in [1.82, 2.24) is 10.2 Å². The van der Waals surface area contributed by atoms with Crippen molar-refractivity contribution in [2.45, 2.75) is 32.1 Å². The number of halogens is 6. The monoisotopic (exact) mass is 587 g/mol. The number of benzene rings is 2. The highest BCUT2D eigenvalue weighted by Crippen LogP contribution is 2.37. The quantitative estimate of drug-likeness (QED) is 0.448. The van der Waals surface area contributed by atoms with Gasteiger partial charge in [-0.05, 0) is 42.3 Å². The summed E-state index contributed by atoms with van der Waals surface area (Å²) in [6.45, 7) is 0.579. The topological polar surface area (TPSA) is 86.8 Å². The van der Waals surface area contributed by atoms with E-state index in [9.17, 15) is 31.2 Å². The van der Waals surface area contributed by atoms with E-state index in [1.807, 2.05) is 0 Å². The zero-order chi connectivity index (χ0) is 27.4. The first-order valence-electron chi connectivity index (χ1n) is 10.4. The minimum Gasteiger partial charge on any atom is -0.357 e. The van der Waals surface area contributed by atoms with Gasteiger partial charge in [-0.2, -0.15) is 13.2 Å². The molecular weight excluding hydrogens is 566 g/mol. The van der Waals surface area contributed by atoms with Gasteiger partial charge in [-0.15, -0.1) is 0 Å². The molecule has 0 bridgehead atoms. The van der Waals surface area contributed by atoms with Gasteiger partial charge < -0.3 is 10.2 Å². The van der Waals surface area contributed by atoms with Crippen LogP contribution < -0.4 is 9.62 Å². The summed E-state index contributed by atoms with van der Waals surface area (Å²) in [5.41, 5.74) is -1.25. The fourth-order valence-electron chi connectivity index (χ4n) is 3.42. The van der Waals surface area contributed by atoms with Crippen LogP contribution in [0.25, 0.3) is 0 Å². The maximum absolute atomic E-state index is 13.4. The summed E-state index contributed by atoms with van der Waals surface area (Å²) in [4.78, 5) is 27.1. The van der Waals surface area contributed by atoms with Gasteiger partial charge in [0, 0.05) is 23.6 Å². The van der Waals surface area contributed by atoms with Gasteiger partial charge in [0.05, 0.1) is 22.5 Å². The lowest BCUT2D eigenvalue weighted by Gasteiger charge is -2.33. The van der Waals surface area contributed by atoms with Crippen LogP contribution >= 0.6 is 34.8 Å². The third-order valence-corrected chi connectivity index (χ3v) is 7.27. The van der Waals surface area contributed by atoms with Crippen molar-refractivity contribution in [2.75, 3.05) is 24.2 Å².